The number of piperidine rings is 1. The lowest BCUT2D eigenvalue weighted by Crippen LogP contribution is -2.42. The largest absolute Gasteiger partial charge is 0.489 e. The van der Waals surface area contributed by atoms with Gasteiger partial charge in [-0.3, -0.25) is 4.72 Å². The smallest absolute Gasteiger partial charge is 0.265 e. The van der Waals surface area contributed by atoms with E-state index in [-0.39, 0.29) is 51.4 Å². The molecule has 1 saturated heterocycles. The van der Waals surface area contributed by atoms with Crippen LogP contribution in [0.25, 0.3) is 22.0 Å². The molecule has 44 heavy (non-hydrogen) atoms. The Morgan fingerprint density at radius 2 is 1.84 bits per heavy atom. The highest BCUT2D eigenvalue weighted by atomic mass is 35.5. The summed E-state index contributed by atoms with van der Waals surface area (Å²) in [5.74, 6) is -2.99. The second-order valence-corrected chi connectivity index (χ2v) is 13.3. The van der Waals surface area contributed by atoms with Crippen LogP contribution in [-0.2, 0) is 10.0 Å². The fraction of sp³-hybridized carbons (Fsp3) is 0.333. The molecule has 6 rings (SSSR count). The lowest BCUT2D eigenvalue weighted by molar-refractivity contribution is 0.140. The molecule has 3 heterocycles. The molecular weight excluding hydrogens is 619 g/mol. The van der Waals surface area contributed by atoms with Gasteiger partial charge >= 0.3 is 0 Å². The molecule has 0 radical (unpaired) electrons. The van der Waals surface area contributed by atoms with E-state index < -0.39 is 49.7 Å². The fourth-order valence-corrected chi connectivity index (χ4v) is 7.15. The molecule has 1 atom stereocenters. The molecule has 4 aromatic rings. The Hall–Kier alpha value is -3.65. The van der Waals surface area contributed by atoms with Crippen molar-refractivity contribution >= 4 is 44.2 Å². The van der Waals surface area contributed by atoms with Gasteiger partial charge in [0.2, 0.25) is 5.95 Å². The minimum absolute atomic E-state index is 0.0117. The summed E-state index contributed by atoms with van der Waals surface area (Å²) in [6, 6.07) is 7.12. The van der Waals surface area contributed by atoms with E-state index in [2.05, 4.69) is 38.8 Å². The van der Waals surface area contributed by atoms with E-state index in [1.165, 1.54) is 18.3 Å². The molecule has 2 aliphatic rings. The van der Waals surface area contributed by atoms with Gasteiger partial charge in [-0.1, -0.05) is 11.6 Å². The first-order chi connectivity index (χ1) is 20.9. The second kappa shape index (κ2) is 11.7. The number of benzene rings is 3. The van der Waals surface area contributed by atoms with Crippen LogP contribution < -0.4 is 14.8 Å². The number of aliphatic hydroxyl groups excluding tert-OH is 1. The van der Waals surface area contributed by atoms with Crippen molar-refractivity contribution in [2.24, 2.45) is 0 Å². The SMILES string of the molecule is CC(C)N1CCC(Nc2ncc3cc(-c4c(F)ccc(NS(=O)(=O)c5cc(Cl)cc6c5OC[C@H]6O)c4F)cc(F)c3n2)CC1. The first-order valence-electron chi connectivity index (χ1n) is 14.0. The predicted molar refractivity (Wildman–Crippen MR) is 161 cm³/mol. The molecule has 232 valence electrons. The summed E-state index contributed by atoms with van der Waals surface area (Å²) in [6.45, 7) is 5.96. The Morgan fingerprint density at radius 3 is 2.57 bits per heavy atom. The normalized spacial score (nSPS) is 17.6. The van der Waals surface area contributed by atoms with E-state index in [9.17, 15) is 13.5 Å². The van der Waals surface area contributed by atoms with Gasteiger partial charge in [-0.2, -0.15) is 0 Å². The monoisotopic (exact) mass is 647 g/mol. The molecule has 0 bridgehead atoms. The summed E-state index contributed by atoms with van der Waals surface area (Å²) >= 11 is 6.06. The summed E-state index contributed by atoms with van der Waals surface area (Å²) in [5.41, 5.74) is -1.27. The second-order valence-electron chi connectivity index (χ2n) is 11.2. The maximum atomic E-state index is 15.8. The third kappa shape index (κ3) is 5.76. The summed E-state index contributed by atoms with van der Waals surface area (Å²) < 4.78 is 80.2. The number of halogens is 4. The van der Waals surface area contributed by atoms with Crippen LogP contribution in [0.2, 0.25) is 5.02 Å². The highest BCUT2D eigenvalue weighted by Gasteiger charge is 2.32. The van der Waals surface area contributed by atoms with Crippen molar-refractivity contribution in [1.29, 1.82) is 0 Å². The fourth-order valence-electron chi connectivity index (χ4n) is 5.60. The third-order valence-corrected chi connectivity index (χ3v) is 9.53. The van der Waals surface area contributed by atoms with E-state index in [1.807, 2.05) is 0 Å². The number of nitrogens with zero attached hydrogens (tertiary/aromatic N) is 3. The number of nitrogens with one attached hydrogen (secondary N) is 2. The van der Waals surface area contributed by atoms with E-state index in [1.54, 1.807) is 0 Å². The molecule has 2 aliphatic heterocycles. The number of hydrogen-bond donors (Lipinski definition) is 3. The summed E-state index contributed by atoms with van der Waals surface area (Å²) in [6.07, 6.45) is 2.05. The first-order valence-corrected chi connectivity index (χ1v) is 15.9. The Morgan fingerprint density at radius 1 is 1.09 bits per heavy atom. The van der Waals surface area contributed by atoms with Crippen LogP contribution in [0.1, 0.15) is 38.4 Å². The molecular formula is C30H29ClF3N5O4S. The molecule has 1 aromatic heterocycles. The number of fused-ring (bicyclic) bond motifs is 2. The molecule has 0 spiro atoms. The van der Waals surface area contributed by atoms with Gasteiger partial charge in [-0.25, -0.2) is 31.6 Å². The Kier molecular flexibility index (Phi) is 8.07. The summed E-state index contributed by atoms with van der Waals surface area (Å²) in [4.78, 5) is 10.6. The average molecular weight is 648 g/mol. The van der Waals surface area contributed by atoms with Crippen molar-refractivity contribution in [2.45, 2.75) is 49.8 Å². The number of rotatable bonds is 7. The lowest BCUT2D eigenvalue weighted by atomic mass is 10.0. The molecule has 0 amide bonds. The third-order valence-electron chi connectivity index (χ3n) is 7.94. The lowest BCUT2D eigenvalue weighted by Gasteiger charge is -2.34. The van der Waals surface area contributed by atoms with Crippen molar-refractivity contribution in [2.75, 3.05) is 29.7 Å². The number of likely N-dealkylation sites (tertiary alicyclic amines) is 1. The molecule has 0 aliphatic carbocycles. The molecule has 14 heteroatoms. The number of anilines is 2. The van der Waals surface area contributed by atoms with Gasteiger partial charge in [-0.15, -0.1) is 0 Å². The number of hydrogen-bond acceptors (Lipinski definition) is 8. The Bertz CT molecular complexity index is 1870. The van der Waals surface area contributed by atoms with Crippen LogP contribution in [-0.4, -0.2) is 60.2 Å². The maximum Gasteiger partial charge on any atom is 0.265 e. The van der Waals surface area contributed by atoms with Crippen molar-refractivity contribution in [3.63, 3.8) is 0 Å². The first kappa shape index (κ1) is 30.4. The molecule has 0 unspecified atom stereocenters. The molecule has 3 aromatic carbocycles. The zero-order valence-corrected chi connectivity index (χ0v) is 25.3. The van der Waals surface area contributed by atoms with Crippen molar-refractivity contribution < 1.29 is 31.4 Å². The van der Waals surface area contributed by atoms with Crippen LogP contribution in [0.3, 0.4) is 0 Å². The van der Waals surface area contributed by atoms with E-state index in [0.717, 1.165) is 50.2 Å². The minimum Gasteiger partial charge on any atom is -0.489 e. The van der Waals surface area contributed by atoms with Gasteiger partial charge in [0, 0.05) is 47.3 Å². The van der Waals surface area contributed by atoms with Gasteiger partial charge in [-0.05, 0) is 68.7 Å². The topological polar surface area (TPSA) is 117 Å². The van der Waals surface area contributed by atoms with Crippen molar-refractivity contribution in [3.8, 4) is 16.9 Å². The van der Waals surface area contributed by atoms with Gasteiger partial charge in [0.1, 0.15) is 40.5 Å². The number of aromatic nitrogens is 2. The quantitative estimate of drug-likeness (QED) is 0.228. The van der Waals surface area contributed by atoms with Gasteiger partial charge < -0.3 is 20.1 Å². The van der Waals surface area contributed by atoms with Crippen LogP contribution >= 0.6 is 11.6 Å². The molecule has 1 fully saturated rings. The number of sulfonamides is 1. The van der Waals surface area contributed by atoms with Gasteiger partial charge in [0.05, 0.1) is 11.3 Å². The number of ether oxygens (including phenoxy) is 1. The van der Waals surface area contributed by atoms with Crippen LogP contribution in [0.15, 0.2) is 47.5 Å². The van der Waals surface area contributed by atoms with Crippen LogP contribution in [0.4, 0.5) is 24.8 Å². The van der Waals surface area contributed by atoms with Gasteiger partial charge in [0.15, 0.2) is 5.82 Å². The zero-order valence-electron chi connectivity index (χ0n) is 23.7. The average Bonchev–Trinajstić information content (AvgIpc) is 3.34. The van der Waals surface area contributed by atoms with Crippen molar-refractivity contribution in [3.05, 3.63) is 70.6 Å². The van der Waals surface area contributed by atoms with E-state index >= 15 is 13.2 Å². The maximum absolute atomic E-state index is 15.8. The molecule has 3 N–H and O–H groups in total. The highest BCUT2D eigenvalue weighted by molar-refractivity contribution is 7.92. The zero-order chi connectivity index (χ0) is 31.3. The predicted octanol–water partition coefficient (Wildman–Crippen LogP) is 5.88. The standard InChI is InChI=1S/C30H29ClF3N5O4S/c1-15(2)39-7-5-19(6-8-39)36-30-35-13-17-9-16(10-22(33)28(17)37-30)26-21(32)3-4-23(27(26)34)38-44(41,42)25-12-18(31)11-20-24(40)14-43-29(20)25/h3-4,9-13,15,19,24,38,40H,5-8,14H2,1-2H3,(H,35,36,37)/t24-/m1/s1. The Labute approximate surface area is 257 Å². The van der Waals surface area contributed by atoms with E-state index in [0.29, 0.717) is 6.04 Å². The molecule has 9 nitrogen and oxygen atoms in total. The molecule has 0 saturated carbocycles. The van der Waals surface area contributed by atoms with Crippen LogP contribution in [0.5, 0.6) is 5.75 Å². The van der Waals surface area contributed by atoms with Crippen molar-refractivity contribution in [1.82, 2.24) is 14.9 Å². The summed E-state index contributed by atoms with van der Waals surface area (Å²) in [7, 11) is -4.52. The van der Waals surface area contributed by atoms with E-state index in [4.69, 9.17) is 16.3 Å². The highest BCUT2D eigenvalue weighted by Crippen LogP contribution is 2.41. The minimum atomic E-state index is -4.52. The van der Waals surface area contributed by atoms with Gasteiger partial charge in [0.25, 0.3) is 10.0 Å². The Balaban J connectivity index is 1.29. The van der Waals surface area contributed by atoms with Crippen LogP contribution in [0, 0.1) is 17.5 Å². The number of aliphatic hydroxyl groups is 1. The summed E-state index contributed by atoms with van der Waals surface area (Å²) in [5, 5.41) is 13.6.